The molecule has 0 spiro atoms. The minimum absolute atomic E-state index is 0.0186. The molecule has 2 saturated heterocycles. The van der Waals surface area contributed by atoms with E-state index in [2.05, 4.69) is 10.2 Å². The molecule has 0 radical (unpaired) electrons. The number of nitrogens with zero attached hydrogens (tertiary/aromatic N) is 1. The SMILES string of the molecule is Fc1cc(Cl)cc(F)c1-c1cc2c(c(N3CCCC3)c1)OC1CCNCC21. The van der Waals surface area contributed by atoms with E-state index in [1.807, 2.05) is 12.1 Å². The second-order valence-corrected chi connectivity index (χ2v) is 8.04. The van der Waals surface area contributed by atoms with Gasteiger partial charge in [-0.2, -0.15) is 0 Å². The number of anilines is 1. The number of halogens is 3. The lowest BCUT2D eigenvalue weighted by atomic mass is 9.88. The molecule has 2 atom stereocenters. The average Bonchev–Trinajstić information content (AvgIpc) is 3.28. The second kappa shape index (κ2) is 6.64. The topological polar surface area (TPSA) is 24.5 Å². The predicted octanol–water partition coefficient (Wildman–Crippen LogP) is 4.72. The highest BCUT2D eigenvalue weighted by molar-refractivity contribution is 6.30. The van der Waals surface area contributed by atoms with Crippen molar-refractivity contribution >= 4 is 17.3 Å². The van der Waals surface area contributed by atoms with Gasteiger partial charge in [-0.25, -0.2) is 8.78 Å². The maximum absolute atomic E-state index is 14.6. The lowest BCUT2D eigenvalue weighted by Gasteiger charge is -2.25. The van der Waals surface area contributed by atoms with Crippen molar-refractivity contribution in [3.63, 3.8) is 0 Å². The lowest BCUT2D eigenvalue weighted by Crippen LogP contribution is -2.37. The molecule has 6 heteroatoms. The normalized spacial score (nSPS) is 23.9. The van der Waals surface area contributed by atoms with Gasteiger partial charge in [-0.3, -0.25) is 0 Å². The first-order valence-electron chi connectivity index (χ1n) is 9.57. The highest BCUT2D eigenvalue weighted by Crippen LogP contribution is 2.49. The molecule has 1 N–H and O–H groups in total. The molecule has 0 amide bonds. The van der Waals surface area contributed by atoms with E-state index < -0.39 is 11.6 Å². The van der Waals surface area contributed by atoms with Gasteiger partial charge >= 0.3 is 0 Å². The van der Waals surface area contributed by atoms with E-state index in [9.17, 15) is 8.78 Å². The van der Waals surface area contributed by atoms with Crippen LogP contribution in [0.1, 0.15) is 30.7 Å². The average molecular weight is 391 g/mol. The van der Waals surface area contributed by atoms with Gasteiger partial charge in [0.05, 0.1) is 11.3 Å². The molecule has 3 nitrogen and oxygen atoms in total. The Morgan fingerprint density at radius 2 is 1.81 bits per heavy atom. The van der Waals surface area contributed by atoms with Gasteiger partial charge in [0.1, 0.15) is 23.5 Å². The third-order valence-electron chi connectivity index (χ3n) is 5.93. The zero-order valence-corrected chi connectivity index (χ0v) is 15.7. The van der Waals surface area contributed by atoms with Crippen LogP contribution in [0.15, 0.2) is 24.3 Å². The molecule has 3 heterocycles. The number of fused-ring (bicyclic) bond motifs is 3. The highest BCUT2D eigenvalue weighted by Gasteiger charge is 2.39. The Balaban J connectivity index is 1.69. The van der Waals surface area contributed by atoms with Gasteiger partial charge in [0.15, 0.2) is 0 Å². The van der Waals surface area contributed by atoms with Crippen molar-refractivity contribution in [1.29, 1.82) is 0 Å². The Bertz CT molecular complexity index is 875. The molecule has 2 unspecified atom stereocenters. The fourth-order valence-electron chi connectivity index (χ4n) is 4.63. The number of nitrogens with one attached hydrogen (secondary N) is 1. The van der Waals surface area contributed by atoms with Gasteiger partial charge in [-0.05, 0) is 55.6 Å². The van der Waals surface area contributed by atoms with Crippen LogP contribution in [0.2, 0.25) is 5.02 Å². The van der Waals surface area contributed by atoms with Gasteiger partial charge in [-0.1, -0.05) is 11.6 Å². The van der Waals surface area contributed by atoms with Crippen molar-refractivity contribution in [3.05, 3.63) is 46.5 Å². The molecule has 3 aliphatic rings. The number of piperidine rings is 1. The summed E-state index contributed by atoms with van der Waals surface area (Å²) in [6.07, 6.45) is 3.32. The van der Waals surface area contributed by atoms with E-state index in [1.54, 1.807) is 0 Å². The Labute approximate surface area is 162 Å². The van der Waals surface area contributed by atoms with Crippen molar-refractivity contribution in [1.82, 2.24) is 5.32 Å². The van der Waals surface area contributed by atoms with E-state index in [1.165, 1.54) is 12.1 Å². The molecule has 0 bridgehead atoms. The summed E-state index contributed by atoms with van der Waals surface area (Å²) in [6.45, 7) is 3.64. The standard InChI is InChI=1S/C21H21ClF2N2O/c22-13-9-16(23)20(17(24)10-13)12-7-14-15-11-25-4-3-19(15)27-21(14)18(8-12)26-5-1-2-6-26/h7-10,15,19,25H,1-6,11H2. The van der Waals surface area contributed by atoms with Crippen LogP contribution >= 0.6 is 11.6 Å². The maximum Gasteiger partial charge on any atom is 0.146 e. The Kier molecular flexibility index (Phi) is 4.25. The first-order valence-corrected chi connectivity index (χ1v) is 9.95. The number of hydrogen-bond donors (Lipinski definition) is 1. The Hall–Kier alpha value is -1.85. The van der Waals surface area contributed by atoms with Gasteiger partial charge < -0.3 is 15.0 Å². The number of rotatable bonds is 2. The summed E-state index contributed by atoms with van der Waals surface area (Å²) in [5.74, 6) is -0.156. The fourth-order valence-corrected chi connectivity index (χ4v) is 4.82. The summed E-state index contributed by atoms with van der Waals surface area (Å²) in [5.41, 5.74) is 2.55. The minimum atomic E-state index is -0.635. The van der Waals surface area contributed by atoms with Crippen molar-refractivity contribution < 1.29 is 13.5 Å². The fraction of sp³-hybridized carbons (Fsp3) is 0.429. The molecular formula is C21H21ClF2N2O. The first-order chi connectivity index (χ1) is 13.1. The molecule has 0 saturated carbocycles. The van der Waals surface area contributed by atoms with Crippen LogP contribution in [0.5, 0.6) is 5.75 Å². The predicted molar refractivity (Wildman–Crippen MR) is 103 cm³/mol. The van der Waals surface area contributed by atoms with E-state index in [0.29, 0.717) is 5.56 Å². The summed E-state index contributed by atoms with van der Waals surface area (Å²) in [7, 11) is 0. The molecule has 0 aromatic heterocycles. The largest absolute Gasteiger partial charge is 0.487 e. The first kappa shape index (κ1) is 17.3. The number of hydrogen-bond acceptors (Lipinski definition) is 3. The molecule has 2 aromatic carbocycles. The van der Waals surface area contributed by atoms with Crippen LogP contribution in [0.25, 0.3) is 11.1 Å². The van der Waals surface area contributed by atoms with Crippen molar-refractivity contribution in [2.45, 2.75) is 31.3 Å². The smallest absolute Gasteiger partial charge is 0.146 e. The lowest BCUT2D eigenvalue weighted by molar-refractivity contribution is 0.172. The monoisotopic (exact) mass is 390 g/mol. The summed E-state index contributed by atoms with van der Waals surface area (Å²) in [6, 6.07) is 6.13. The van der Waals surface area contributed by atoms with E-state index >= 15 is 0 Å². The van der Waals surface area contributed by atoms with Gasteiger partial charge in [0.2, 0.25) is 0 Å². The van der Waals surface area contributed by atoms with Crippen LogP contribution < -0.4 is 15.0 Å². The summed E-state index contributed by atoms with van der Waals surface area (Å²) in [5, 5.41) is 3.48. The van der Waals surface area contributed by atoms with E-state index in [4.69, 9.17) is 16.3 Å². The van der Waals surface area contributed by atoms with Gasteiger partial charge in [-0.15, -0.1) is 0 Å². The van der Waals surface area contributed by atoms with Gasteiger partial charge in [0, 0.05) is 36.1 Å². The summed E-state index contributed by atoms with van der Waals surface area (Å²) < 4.78 is 35.6. The zero-order valence-electron chi connectivity index (χ0n) is 14.9. The number of ether oxygens (including phenoxy) is 1. The van der Waals surface area contributed by atoms with Crippen molar-refractivity contribution in [2.75, 3.05) is 31.1 Å². The van der Waals surface area contributed by atoms with E-state index in [-0.39, 0.29) is 22.6 Å². The Morgan fingerprint density at radius 1 is 1.07 bits per heavy atom. The zero-order chi connectivity index (χ0) is 18.5. The number of benzene rings is 2. The third kappa shape index (κ3) is 2.88. The third-order valence-corrected chi connectivity index (χ3v) is 6.15. The van der Waals surface area contributed by atoms with Crippen molar-refractivity contribution in [3.8, 4) is 16.9 Å². The van der Waals surface area contributed by atoms with Crippen LogP contribution in [-0.2, 0) is 0 Å². The van der Waals surface area contributed by atoms with Crippen LogP contribution in [0.4, 0.5) is 14.5 Å². The molecule has 3 aliphatic heterocycles. The van der Waals surface area contributed by atoms with Crippen LogP contribution in [0, 0.1) is 11.6 Å². The quantitative estimate of drug-likeness (QED) is 0.802. The van der Waals surface area contributed by atoms with Crippen molar-refractivity contribution in [2.24, 2.45) is 0 Å². The summed E-state index contributed by atoms with van der Waals surface area (Å²) in [4.78, 5) is 2.28. The van der Waals surface area contributed by atoms with Crippen LogP contribution in [-0.4, -0.2) is 32.3 Å². The Morgan fingerprint density at radius 3 is 2.56 bits per heavy atom. The maximum atomic E-state index is 14.6. The highest BCUT2D eigenvalue weighted by atomic mass is 35.5. The van der Waals surface area contributed by atoms with Gasteiger partial charge in [0.25, 0.3) is 0 Å². The molecule has 5 rings (SSSR count). The molecule has 2 fully saturated rings. The van der Waals surface area contributed by atoms with E-state index in [0.717, 1.165) is 62.4 Å². The molecular weight excluding hydrogens is 370 g/mol. The molecule has 0 aliphatic carbocycles. The second-order valence-electron chi connectivity index (χ2n) is 7.61. The van der Waals surface area contributed by atoms with Crippen LogP contribution in [0.3, 0.4) is 0 Å². The minimum Gasteiger partial charge on any atom is -0.487 e. The molecule has 142 valence electrons. The molecule has 27 heavy (non-hydrogen) atoms. The summed E-state index contributed by atoms with van der Waals surface area (Å²) >= 11 is 5.81. The molecule has 2 aromatic rings.